The molecule has 3 N–H and O–H groups in total. The van der Waals surface area contributed by atoms with Crippen LogP contribution in [0.25, 0.3) is 0 Å². The quantitative estimate of drug-likeness (QED) is 0.627. The summed E-state index contributed by atoms with van der Waals surface area (Å²) in [6, 6.07) is 14.5. The van der Waals surface area contributed by atoms with Crippen LogP contribution in [0.3, 0.4) is 0 Å². The normalized spacial score (nSPS) is 14.2. The Balaban J connectivity index is 1.55. The zero-order valence-corrected chi connectivity index (χ0v) is 16.9. The van der Waals surface area contributed by atoms with Gasteiger partial charge in [-0.2, -0.15) is 0 Å². The molecule has 3 amide bonds. The van der Waals surface area contributed by atoms with Crippen molar-refractivity contribution in [3.63, 3.8) is 0 Å². The molecular formula is C22H25ClN4O2. The molecule has 1 fully saturated rings. The molecule has 0 aliphatic carbocycles. The van der Waals surface area contributed by atoms with E-state index in [1.54, 1.807) is 30.3 Å². The summed E-state index contributed by atoms with van der Waals surface area (Å²) in [6.45, 7) is 5.58. The van der Waals surface area contributed by atoms with Crippen molar-refractivity contribution in [1.29, 1.82) is 0 Å². The number of piperidine rings is 1. The number of benzene rings is 2. The van der Waals surface area contributed by atoms with Crippen molar-refractivity contribution in [2.45, 2.75) is 18.9 Å². The lowest BCUT2D eigenvalue weighted by Crippen LogP contribution is -2.46. The summed E-state index contributed by atoms with van der Waals surface area (Å²) in [4.78, 5) is 26.9. The monoisotopic (exact) mass is 412 g/mol. The fourth-order valence-electron chi connectivity index (χ4n) is 3.39. The highest BCUT2D eigenvalue weighted by Gasteiger charge is 2.23. The number of nitrogens with one attached hydrogen (secondary N) is 3. The Hall–Kier alpha value is -2.99. The van der Waals surface area contributed by atoms with E-state index in [-0.39, 0.29) is 18.0 Å². The van der Waals surface area contributed by atoms with E-state index < -0.39 is 0 Å². The first kappa shape index (κ1) is 20.7. The van der Waals surface area contributed by atoms with Gasteiger partial charge in [-0.3, -0.25) is 4.79 Å². The number of nitrogens with zero attached hydrogens (tertiary/aromatic N) is 1. The lowest BCUT2D eigenvalue weighted by Gasteiger charge is -2.34. The zero-order valence-electron chi connectivity index (χ0n) is 16.2. The molecular weight excluding hydrogens is 388 g/mol. The van der Waals surface area contributed by atoms with Crippen LogP contribution in [0.1, 0.15) is 23.2 Å². The highest BCUT2D eigenvalue weighted by atomic mass is 35.5. The molecule has 0 saturated carbocycles. The summed E-state index contributed by atoms with van der Waals surface area (Å²) in [7, 11) is 0. The minimum Gasteiger partial charge on any atom is -0.371 e. The van der Waals surface area contributed by atoms with Crippen molar-refractivity contribution in [2.24, 2.45) is 0 Å². The molecule has 1 aliphatic rings. The largest absolute Gasteiger partial charge is 0.371 e. The van der Waals surface area contributed by atoms with Crippen LogP contribution in [0.15, 0.2) is 61.2 Å². The number of halogens is 1. The zero-order chi connectivity index (χ0) is 20.6. The van der Waals surface area contributed by atoms with Gasteiger partial charge in [-0.25, -0.2) is 4.79 Å². The smallest absolute Gasteiger partial charge is 0.319 e. The Morgan fingerprint density at radius 3 is 2.62 bits per heavy atom. The molecule has 0 aromatic heterocycles. The Morgan fingerprint density at radius 2 is 1.90 bits per heavy atom. The number of para-hydroxylation sites is 1. The van der Waals surface area contributed by atoms with Crippen LogP contribution < -0.4 is 20.9 Å². The van der Waals surface area contributed by atoms with E-state index >= 15 is 0 Å². The Labute approximate surface area is 175 Å². The van der Waals surface area contributed by atoms with E-state index in [4.69, 9.17) is 11.6 Å². The molecule has 1 saturated heterocycles. The third-order valence-corrected chi connectivity index (χ3v) is 5.04. The molecule has 152 valence electrons. The number of carbonyl (C=O) groups excluding carboxylic acids is 2. The van der Waals surface area contributed by atoms with Crippen LogP contribution in [0.4, 0.5) is 16.2 Å². The third kappa shape index (κ3) is 5.74. The average Bonchev–Trinajstić information content (AvgIpc) is 2.72. The fraction of sp³-hybridized carbons (Fsp3) is 0.273. The van der Waals surface area contributed by atoms with Gasteiger partial charge in [-0.15, -0.1) is 6.58 Å². The first-order chi connectivity index (χ1) is 14.1. The standard InChI is InChI=1S/C22H25ClN4O2/c1-2-12-24-21(28)19-8-3-4-9-20(19)27-13-10-17(11-14-27)25-22(29)26-18-7-5-6-16(23)15-18/h2-9,15,17H,1,10-14H2,(H,24,28)(H2,25,26,29). The topological polar surface area (TPSA) is 73.5 Å². The van der Waals surface area contributed by atoms with E-state index in [0.29, 0.717) is 22.8 Å². The maximum atomic E-state index is 12.4. The van der Waals surface area contributed by atoms with Gasteiger partial charge in [-0.1, -0.05) is 35.9 Å². The van der Waals surface area contributed by atoms with Crippen molar-refractivity contribution in [3.05, 3.63) is 71.8 Å². The lowest BCUT2D eigenvalue weighted by atomic mass is 10.0. The molecule has 0 spiro atoms. The molecule has 1 aliphatic heterocycles. The molecule has 2 aromatic rings. The van der Waals surface area contributed by atoms with E-state index in [2.05, 4.69) is 27.4 Å². The van der Waals surface area contributed by atoms with Crippen molar-refractivity contribution in [1.82, 2.24) is 10.6 Å². The van der Waals surface area contributed by atoms with Gasteiger partial charge in [0.2, 0.25) is 0 Å². The summed E-state index contributed by atoms with van der Waals surface area (Å²) in [5.74, 6) is -0.110. The van der Waals surface area contributed by atoms with Crippen molar-refractivity contribution < 1.29 is 9.59 Å². The molecule has 1 heterocycles. The second-order valence-electron chi connectivity index (χ2n) is 6.89. The van der Waals surface area contributed by atoms with Gasteiger partial charge in [0.25, 0.3) is 5.91 Å². The first-order valence-electron chi connectivity index (χ1n) is 9.63. The third-order valence-electron chi connectivity index (χ3n) is 4.81. The van der Waals surface area contributed by atoms with Gasteiger partial charge < -0.3 is 20.9 Å². The Morgan fingerprint density at radius 1 is 1.14 bits per heavy atom. The van der Waals surface area contributed by atoms with E-state index in [1.165, 1.54) is 0 Å². The Kier molecular flexibility index (Phi) is 7.14. The van der Waals surface area contributed by atoms with Crippen LogP contribution in [-0.4, -0.2) is 37.6 Å². The number of anilines is 2. The van der Waals surface area contributed by atoms with Crippen molar-refractivity contribution in [2.75, 3.05) is 29.9 Å². The van der Waals surface area contributed by atoms with Gasteiger partial charge in [0.1, 0.15) is 0 Å². The fourth-order valence-corrected chi connectivity index (χ4v) is 3.58. The van der Waals surface area contributed by atoms with Gasteiger partial charge >= 0.3 is 6.03 Å². The van der Waals surface area contributed by atoms with E-state index in [9.17, 15) is 9.59 Å². The number of amides is 3. The molecule has 0 radical (unpaired) electrons. The maximum Gasteiger partial charge on any atom is 0.319 e. The summed E-state index contributed by atoms with van der Waals surface area (Å²) in [6.07, 6.45) is 3.25. The first-order valence-corrected chi connectivity index (χ1v) is 10.0. The van der Waals surface area contributed by atoms with Crippen LogP contribution in [0.2, 0.25) is 5.02 Å². The SMILES string of the molecule is C=CCNC(=O)c1ccccc1N1CCC(NC(=O)Nc2cccc(Cl)c2)CC1. The van der Waals surface area contributed by atoms with Crippen LogP contribution >= 0.6 is 11.6 Å². The molecule has 3 rings (SSSR count). The summed E-state index contributed by atoms with van der Waals surface area (Å²) >= 11 is 5.95. The van der Waals surface area contributed by atoms with Crippen LogP contribution in [0, 0.1) is 0 Å². The minimum atomic E-state index is -0.241. The molecule has 0 unspecified atom stereocenters. The van der Waals surface area contributed by atoms with Crippen LogP contribution in [-0.2, 0) is 0 Å². The highest BCUT2D eigenvalue weighted by molar-refractivity contribution is 6.30. The number of urea groups is 1. The average molecular weight is 413 g/mol. The summed E-state index contributed by atoms with van der Waals surface area (Å²) in [5, 5.41) is 9.23. The molecule has 2 aromatic carbocycles. The molecule has 6 nitrogen and oxygen atoms in total. The number of hydrogen-bond acceptors (Lipinski definition) is 3. The van der Waals surface area contributed by atoms with E-state index in [0.717, 1.165) is 31.6 Å². The van der Waals surface area contributed by atoms with Gasteiger partial charge in [0.05, 0.1) is 5.56 Å². The molecule has 29 heavy (non-hydrogen) atoms. The number of carbonyl (C=O) groups is 2. The number of hydrogen-bond donors (Lipinski definition) is 3. The van der Waals surface area contributed by atoms with Gasteiger partial charge in [0, 0.05) is 42.1 Å². The highest BCUT2D eigenvalue weighted by Crippen LogP contribution is 2.24. The van der Waals surface area contributed by atoms with Crippen molar-refractivity contribution in [3.8, 4) is 0 Å². The second-order valence-corrected chi connectivity index (χ2v) is 7.32. The van der Waals surface area contributed by atoms with Crippen molar-refractivity contribution >= 4 is 34.9 Å². The Bertz CT molecular complexity index is 879. The van der Waals surface area contributed by atoms with Gasteiger partial charge in [0.15, 0.2) is 0 Å². The van der Waals surface area contributed by atoms with Gasteiger partial charge in [-0.05, 0) is 43.2 Å². The van der Waals surface area contributed by atoms with E-state index in [1.807, 2.05) is 24.3 Å². The lowest BCUT2D eigenvalue weighted by molar-refractivity contribution is 0.0958. The summed E-state index contributed by atoms with van der Waals surface area (Å²) in [5.41, 5.74) is 2.22. The molecule has 0 atom stereocenters. The molecule has 7 heteroatoms. The predicted molar refractivity (Wildman–Crippen MR) is 118 cm³/mol. The number of rotatable bonds is 6. The second kappa shape index (κ2) is 9.98. The predicted octanol–water partition coefficient (Wildman–Crippen LogP) is 4.05. The van der Waals surface area contributed by atoms with Crippen LogP contribution in [0.5, 0.6) is 0 Å². The minimum absolute atomic E-state index is 0.0761. The molecule has 0 bridgehead atoms. The summed E-state index contributed by atoms with van der Waals surface area (Å²) < 4.78 is 0. The maximum absolute atomic E-state index is 12.4.